The Kier molecular flexibility index (Phi) is 15.4. The van der Waals surface area contributed by atoms with Crippen LogP contribution in [0.25, 0.3) is 6.08 Å². The van der Waals surface area contributed by atoms with E-state index in [2.05, 4.69) is 9.47 Å². The van der Waals surface area contributed by atoms with E-state index in [0.717, 1.165) is 0 Å². The van der Waals surface area contributed by atoms with Crippen LogP contribution in [0, 0.1) is 5.92 Å². The molecule has 1 atom stereocenters. The number of carboxylic acid groups (broad SMARTS) is 2. The molecule has 14 nitrogen and oxygen atoms in total. The zero-order chi connectivity index (χ0) is 33.4. The van der Waals surface area contributed by atoms with Crippen molar-refractivity contribution >= 4 is 30.0 Å². The Hall–Kier alpha value is -5.14. The molecule has 0 unspecified atom stereocenters. The van der Waals surface area contributed by atoms with Crippen molar-refractivity contribution in [3.05, 3.63) is 41.0 Å². The van der Waals surface area contributed by atoms with Crippen molar-refractivity contribution in [3.63, 3.8) is 0 Å². The summed E-state index contributed by atoms with van der Waals surface area (Å²) in [5.74, 6) is -1.93. The van der Waals surface area contributed by atoms with E-state index in [-0.39, 0.29) is 19.8 Å². The minimum absolute atomic E-state index is 0. The van der Waals surface area contributed by atoms with Crippen molar-refractivity contribution in [2.24, 2.45) is 5.92 Å². The first-order valence-electron chi connectivity index (χ1n) is 12.8. The number of hydrogen-bond donors (Lipinski definition) is 2. The third-order valence-electron chi connectivity index (χ3n) is 6.06. The number of esters is 2. The van der Waals surface area contributed by atoms with Crippen LogP contribution in [0.2, 0.25) is 0 Å². The van der Waals surface area contributed by atoms with Crippen molar-refractivity contribution in [1.82, 2.24) is 0 Å². The van der Waals surface area contributed by atoms with Gasteiger partial charge in [-0.2, -0.15) is 0 Å². The van der Waals surface area contributed by atoms with Gasteiger partial charge < -0.3 is 48.1 Å². The lowest BCUT2D eigenvalue weighted by molar-refractivity contribution is -0.150. The molecule has 0 spiro atoms. The topological polar surface area (TPSA) is 183 Å². The number of ether oxygens (including phenoxy) is 8. The second kappa shape index (κ2) is 18.4. The van der Waals surface area contributed by atoms with Crippen LogP contribution >= 0.6 is 0 Å². The molecule has 0 aliphatic carbocycles. The van der Waals surface area contributed by atoms with Gasteiger partial charge in [-0.1, -0.05) is 6.07 Å². The normalized spacial score (nSPS) is 11.1. The summed E-state index contributed by atoms with van der Waals surface area (Å²) in [5.41, 5.74) is 1.10. The van der Waals surface area contributed by atoms with E-state index in [4.69, 9.17) is 38.6 Å². The lowest BCUT2D eigenvalue weighted by atomic mass is 9.95. The summed E-state index contributed by atoms with van der Waals surface area (Å²) in [5, 5.41) is 17.8. The van der Waals surface area contributed by atoms with Crippen molar-refractivity contribution in [2.45, 2.75) is 19.3 Å². The number of carbonyl (C=O) groups excluding carboxylic acids is 2. The number of rotatable bonds is 15. The minimum Gasteiger partial charge on any atom is -0.493 e. The van der Waals surface area contributed by atoms with Crippen LogP contribution in [0.4, 0.5) is 0 Å². The molecule has 0 saturated heterocycles. The van der Waals surface area contributed by atoms with E-state index in [9.17, 15) is 19.2 Å². The van der Waals surface area contributed by atoms with Crippen molar-refractivity contribution in [1.29, 1.82) is 0 Å². The Morgan fingerprint density at radius 2 is 1.20 bits per heavy atom. The van der Waals surface area contributed by atoms with Gasteiger partial charge in [0, 0.05) is 12.6 Å². The average Bonchev–Trinajstić information content (AvgIpc) is 3.02. The van der Waals surface area contributed by atoms with E-state index in [0.29, 0.717) is 45.6 Å². The van der Waals surface area contributed by atoms with Gasteiger partial charge in [-0.25, -0.2) is 4.79 Å². The van der Waals surface area contributed by atoms with Crippen LogP contribution < -0.4 is 28.4 Å². The lowest BCUT2D eigenvalue weighted by Gasteiger charge is -2.18. The molecular weight excluding hydrogens is 584 g/mol. The predicted molar refractivity (Wildman–Crippen MR) is 158 cm³/mol. The Bertz CT molecular complexity index is 1340. The lowest BCUT2D eigenvalue weighted by Crippen LogP contribution is -2.22. The molecule has 0 heterocycles. The zero-order valence-electron chi connectivity index (χ0n) is 25.9. The first-order chi connectivity index (χ1) is 21.0. The van der Waals surface area contributed by atoms with Crippen LogP contribution in [-0.4, -0.2) is 91.0 Å². The summed E-state index contributed by atoms with van der Waals surface area (Å²) >= 11 is 0. The second-order valence-corrected chi connectivity index (χ2v) is 8.67. The molecule has 0 fully saturated rings. The third-order valence-corrected chi connectivity index (χ3v) is 6.06. The van der Waals surface area contributed by atoms with E-state index >= 15 is 0 Å². The maximum atomic E-state index is 11.7. The van der Waals surface area contributed by atoms with E-state index in [1.165, 1.54) is 63.0 Å². The minimum atomic E-state index is -1.14. The van der Waals surface area contributed by atoms with Crippen molar-refractivity contribution in [3.8, 4) is 34.5 Å². The van der Waals surface area contributed by atoms with Crippen LogP contribution in [-0.2, 0) is 35.1 Å². The predicted octanol–water partition coefficient (Wildman–Crippen LogP) is 3.51. The molecule has 0 saturated carbocycles. The molecule has 0 bridgehead atoms. The number of aliphatic carboxylic acids is 2. The fourth-order valence-electron chi connectivity index (χ4n) is 4.11. The first kappa shape index (κ1) is 36.9. The molecule has 2 aromatic carbocycles. The Morgan fingerprint density at radius 1 is 0.682 bits per heavy atom. The maximum Gasteiger partial charge on any atom is 0.334 e. The van der Waals surface area contributed by atoms with Gasteiger partial charge in [0.25, 0.3) is 0 Å². The van der Waals surface area contributed by atoms with Gasteiger partial charge in [0.2, 0.25) is 11.5 Å². The molecule has 2 N–H and O–H groups in total. The third kappa shape index (κ3) is 10.00. The summed E-state index contributed by atoms with van der Waals surface area (Å²) < 4.78 is 40.7. The number of hydrogen-bond acceptors (Lipinski definition) is 12. The molecule has 2 rings (SSSR count). The van der Waals surface area contributed by atoms with E-state index in [1.807, 2.05) is 0 Å². The molecule has 0 radical (unpaired) electrons. The molecular formula is C30H40O14. The molecule has 244 valence electrons. The van der Waals surface area contributed by atoms with Gasteiger partial charge in [-0.15, -0.1) is 0 Å². The SMILES string of the molecule is COC(=O)/C(=C/c1ccc(OC)c(OC)c1OC)CC(=O)O.COC(=O)[C@@H](CC(=O)O)Cc1ccc(OC)c(OC)c1OC.[HH]. The monoisotopic (exact) mass is 624 g/mol. The summed E-state index contributed by atoms with van der Waals surface area (Å²) in [6.45, 7) is 0. The quantitative estimate of drug-likeness (QED) is 0.217. The van der Waals surface area contributed by atoms with Crippen molar-refractivity contribution in [2.75, 3.05) is 56.9 Å². The van der Waals surface area contributed by atoms with Gasteiger partial charge in [0.15, 0.2) is 23.0 Å². The highest BCUT2D eigenvalue weighted by Gasteiger charge is 2.26. The highest BCUT2D eigenvalue weighted by molar-refractivity contribution is 5.98. The van der Waals surface area contributed by atoms with E-state index in [1.54, 1.807) is 24.3 Å². The van der Waals surface area contributed by atoms with Gasteiger partial charge in [-0.3, -0.25) is 14.4 Å². The van der Waals surface area contributed by atoms with Gasteiger partial charge in [-0.05, 0) is 36.3 Å². The molecule has 14 heteroatoms. The van der Waals surface area contributed by atoms with Crippen LogP contribution in [0.15, 0.2) is 29.8 Å². The molecule has 0 aromatic heterocycles. The number of benzene rings is 2. The van der Waals surface area contributed by atoms with Crippen LogP contribution in [0.1, 0.15) is 25.4 Å². The summed E-state index contributed by atoms with van der Waals surface area (Å²) in [6, 6.07) is 6.64. The highest BCUT2D eigenvalue weighted by atomic mass is 16.5. The molecule has 2 aromatic rings. The largest absolute Gasteiger partial charge is 0.493 e. The molecule has 44 heavy (non-hydrogen) atoms. The fourth-order valence-corrected chi connectivity index (χ4v) is 4.11. The van der Waals surface area contributed by atoms with Crippen molar-refractivity contribution < 1.29 is 68.7 Å². The first-order valence-corrected chi connectivity index (χ1v) is 12.8. The highest BCUT2D eigenvalue weighted by Crippen LogP contribution is 2.42. The standard InChI is InChI=1S/C15H20O7.C15H18O7.H2/c2*1-19-11-6-5-9(13(20-2)14(11)21-3)7-10(8-12(16)17)15(18)22-4;/h5-6,10H,7-8H2,1-4H3,(H,16,17);5-7H,8H2,1-4H3,(H,16,17);1H/b;10-7+;/t10-;;/m1../s1. The number of methoxy groups -OCH3 is 8. The average molecular weight is 625 g/mol. The number of carboxylic acids is 2. The molecule has 0 aliphatic rings. The molecule has 0 amide bonds. The van der Waals surface area contributed by atoms with Gasteiger partial charge in [0.1, 0.15) is 0 Å². The van der Waals surface area contributed by atoms with Gasteiger partial charge >= 0.3 is 23.9 Å². The maximum absolute atomic E-state index is 11.7. The molecule has 0 aliphatic heterocycles. The summed E-state index contributed by atoms with van der Waals surface area (Å²) in [7, 11) is 11.2. The van der Waals surface area contributed by atoms with Crippen LogP contribution in [0.5, 0.6) is 34.5 Å². The smallest absolute Gasteiger partial charge is 0.334 e. The Morgan fingerprint density at radius 3 is 1.64 bits per heavy atom. The summed E-state index contributed by atoms with van der Waals surface area (Å²) in [6.07, 6.45) is 0.748. The zero-order valence-corrected chi connectivity index (χ0v) is 25.9. The fraction of sp³-hybridized carbons (Fsp3) is 0.400. The second-order valence-electron chi connectivity index (χ2n) is 8.67. The number of carbonyl (C=O) groups is 4. The van der Waals surface area contributed by atoms with Gasteiger partial charge in [0.05, 0.1) is 75.6 Å². The summed E-state index contributed by atoms with van der Waals surface area (Å²) in [4.78, 5) is 45.2. The Labute approximate surface area is 256 Å². The van der Waals surface area contributed by atoms with E-state index < -0.39 is 36.2 Å². The van der Waals surface area contributed by atoms with Crippen LogP contribution in [0.3, 0.4) is 0 Å². The Balaban J connectivity index is 0.000000842.